The number of rotatable bonds is 6. The summed E-state index contributed by atoms with van der Waals surface area (Å²) in [5, 5.41) is 0. The van der Waals surface area contributed by atoms with Crippen molar-refractivity contribution >= 4 is 6.29 Å². The van der Waals surface area contributed by atoms with Crippen LogP contribution in [0.15, 0.2) is 6.07 Å². The van der Waals surface area contributed by atoms with Crippen LogP contribution in [0.2, 0.25) is 0 Å². The van der Waals surface area contributed by atoms with Crippen molar-refractivity contribution in [3.8, 4) is 0 Å². The summed E-state index contributed by atoms with van der Waals surface area (Å²) in [6, 6.07) is 1.96. The summed E-state index contributed by atoms with van der Waals surface area (Å²) < 4.78 is 2.22. The van der Waals surface area contributed by atoms with Gasteiger partial charge in [0.1, 0.15) is 0 Å². The molecule has 0 unspecified atom stereocenters. The number of aryl methyl sites for hydroxylation is 1. The Morgan fingerprint density at radius 1 is 1.31 bits per heavy atom. The summed E-state index contributed by atoms with van der Waals surface area (Å²) in [5.41, 5.74) is 3.07. The Kier molecular flexibility index (Phi) is 4.74. The summed E-state index contributed by atoms with van der Waals surface area (Å²) >= 11 is 0. The first kappa shape index (κ1) is 13.0. The van der Waals surface area contributed by atoms with Crippen LogP contribution >= 0.6 is 0 Å². The van der Waals surface area contributed by atoms with Gasteiger partial charge in [-0.1, -0.05) is 13.8 Å². The molecule has 1 aromatic rings. The number of aldehydes is 1. The Morgan fingerprint density at radius 3 is 2.38 bits per heavy atom. The minimum atomic E-state index is 0.817. The molecule has 16 heavy (non-hydrogen) atoms. The monoisotopic (exact) mass is 222 g/mol. The van der Waals surface area contributed by atoms with Crippen LogP contribution in [-0.2, 0) is 6.54 Å². The molecule has 0 fully saturated rings. The van der Waals surface area contributed by atoms with Gasteiger partial charge in [0.05, 0.1) is 0 Å². The van der Waals surface area contributed by atoms with Gasteiger partial charge in [0.15, 0.2) is 6.29 Å². The Balaban J connectivity index is 2.73. The molecule has 90 valence electrons. The molecular weight excluding hydrogens is 200 g/mol. The van der Waals surface area contributed by atoms with Crippen molar-refractivity contribution in [1.82, 2.24) is 9.47 Å². The molecule has 0 radical (unpaired) electrons. The number of nitrogens with zero attached hydrogens (tertiary/aromatic N) is 2. The predicted octanol–water partition coefficient (Wildman–Crippen LogP) is 2.26. The molecule has 3 heteroatoms. The van der Waals surface area contributed by atoms with E-state index in [9.17, 15) is 4.79 Å². The van der Waals surface area contributed by atoms with Crippen LogP contribution in [-0.4, -0.2) is 35.4 Å². The van der Waals surface area contributed by atoms with E-state index in [1.807, 2.05) is 13.0 Å². The third-order valence-corrected chi connectivity index (χ3v) is 3.27. The highest BCUT2D eigenvalue weighted by Crippen LogP contribution is 2.12. The molecule has 0 aliphatic carbocycles. The minimum Gasteiger partial charge on any atom is -0.347 e. The molecule has 1 aromatic heterocycles. The summed E-state index contributed by atoms with van der Waals surface area (Å²) in [7, 11) is 0. The highest BCUT2D eigenvalue weighted by Gasteiger charge is 2.08. The van der Waals surface area contributed by atoms with E-state index in [2.05, 4.69) is 30.2 Å². The van der Waals surface area contributed by atoms with Crippen LogP contribution in [0, 0.1) is 13.8 Å². The smallest absolute Gasteiger partial charge is 0.151 e. The summed E-state index contributed by atoms with van der Waals surface area (Å²) in [6.07, 6.45) is 0.941. The highest BCUT2D eigenvalue weighted by atomic mass is 16.1. The van der Waals surface area contributed by atoms with Gasteiger partial charge in [-0.25, -0.2) is 0 Å². The largest absolute Gasteiger partial charge is 0.347 e. The molecule has 0 atom stereocenters. The van der Waals surface area contributed by atoms with E-state index in [4.69, 9.17) is 0 Å². The SMILES string of the molecule is CCN(CC)CCn1c(C)cc(C=O)c1C. The highest BCUT2D eigenvalue weighted by molar-refractivity contribution is 5.77. The maximum absolute atomic E-state index is 10.8. The Hall–Kier alpha value is -1.09. The molecule has 0 saturated carbocycles. The van der Waals surface area contributed by atoms with Gasteiger partial charge in [-0.15, -0.1) is 0 Å². The van der Waals surface area contributed by atoms with Crippen LogP contribution < -0.4 is 0 Å². The van der Waals surface area contributed by atoms with E-state index in [-0.39, 0.29) is 0 Å². The fraction of sp³-hybridized carbons (Fsp3) is 0.615. The molecule has 0 aromatic carbocycles. The van der Waals surface area contributed by atoms with Crippen LogP contribution in [0.1, 0.15) is 35.6 Å². The van der Waals surface area contributed by atoms with Gasteiger partial charge in [0.2, 0.25) is 0 Å². The lowest BCUT2D eigenvalue weighted by Crippen LogP contribution is -2.27. The lowest BCUT2D eigenvalue weighted by Gasteiger charge is -2.19. The van der Waals surface area contributed by atoms with Crippen molar-refractivity contribution in [3.05, 3.63) is 23.0 Å². The van der Waals surface area contributed by atoms with Gasteiger partial charge >= 0.3 is 0 Å². The molecule has 0 aliphatic rings. The zero-order valence-electron chi connectivity index (χ0n) is 10.8. The zero-order valence-corrected chi connectivity index (χ0v) is 10.8. The van der Waals surface area contributed by atoms with Gasteiger partial charge in [0, 0.05) is 30.0 Å². The van der Waals surface area contributed by atoms with Crippen molar-refractivity contribution in [2.45, 2.75) is 34.2 Å². The average Bonchev–Trinajstić information content (AvgIpc) is 2.56. The van der Waals surface area contributed by atoms with E-state index in [0.717, 1.165) is 43.7 Å². The predicted molar refractivity (Wildman–Crippen MR) is 67.1 cm³/mol. The molecule has 1 heterocycles. The fourth-order valence-corrected chi connectivity index (χ4v) is 2.07. The maximum Gasteiger partial charge on any atom is 0.151 e. The van der Waals surface area contributed by atoms with E-state index in [0.29, 0.717) is 0 Å². The van der Waals surface area contributed by atoms with E-state index >= 15 is 0 Å². The normalized spacial score (nSPS) is 11.1. The lowest BCUT2D eigenvalue weighted by molar-refractivity contribution is 0.112. The summed E-state index contributed by atoms with van der Waals surface area (Å²) in [6.45, 7) is 12.6. The van der Waals surface area contributed by atoms with Gasteiger partial charge in [-0.3, -0.25) is 4.79 Å². The summed E-state index contributed by atoms with van der Waals surface area (Å²) in [4.78, 5) is 13.2. The molecular formula is C13H22N2O. The molecule has 1 rings (SSSR count). The number of hydrogen-bond donors (Lipinski definition) is 0. The average molecular weight is 222 g/mol. The second-order valence-electron chi connectivity index (χ2n) is 4.12. The number of aromatic nitrogens is 1. The zero-order chi connectivity index (χ0) is 12.1. The van der Waals surface area contributed by atoms with Gasteiger partial charge in [-0.05, 0) is 33.0 Å². The van der Waals surface area contributed by atoms with E-state index in [1.54, 1.807) is 0 Å². The first-order valence-electron chi connectivity index (χ1n) is 5.98. The first-order chi connectivity index (χ1) is 7.63. The van der Waals surface area contributed by atoms with Gasteiger partial charge < -0.3 is 9.47 Å². The van der Waals surface area contributed by atoms with Crippen molar-refractivity contribution in [3.63, 3.8) is 0 Å². The van der Waals surface area contributed by atoms with E-state index in [1.165, 1.54) is 5.69 Å². The number of likely N-dealkylation sites (N-methyl/N-ethyl adjacent to an activating group) is 1. The molecule has 0 bridgehead atoms. The Morgan fingerprint density at radius 2 is 1.94 bits per heavy atom. The van der Waals surface area contributed by atoms with Crippen molar-refractivity contribution in [1.29, 1.82) is 0 Å². The molecule has 0 aliphatic heterocycles. The summed E-state index contributed by atoms with van der Waals surface area (Å²) in [5.74, 6) is 0. The minimum absolute atomic E-state index is 0.817. The van der Waals surface area contributed by atoms with Crippen LogP contribution in [0.3, 0.4) is 0 Å². The number of hydrogen-bond acceptors (Lipinski definition) is 2. The first-order valence-corrected chi connectivity index (χ1v) is 5.98. The van der Waals surface area contributed by atoms with Gasteiger partial charge in [0.25, 0.3) is 0 Å². The molecule has 0 amide bonds. The molecule has 0 saturated heterocycles. The second-order valence-corrected chi connectivity index (χ2v) is 4.12. The van der Waals surface area contributed by atoms with Crippen LogP contribution in [0.5, 0.6) is 0 Å². The van der Waals surface area contributed by atoms with Crippen molar-refractivity contribution < 1.29 is 4.79 Å². The van der Waals surface area contributed by atoms with Crippen molar-refractivity contribution in [2.24, 2.45) is 0 Å². The number of carbonyl (C=O) groups excluding carboxylic acids is 1. The molecule has 0 N–H and O–H groups in total. The Labute approximate surface area is 98.1 Å². The van der Waals surface area contributed by atoms with Crippen LogP contribution in [0.4, 0.5) is 0 Å². The maximum atomic E-state index is 10.8. The van der Waals surface area contributed by atoms with Crippen molar-refractivity contribution in [2.75, 3.05) is 19.6 Å². The fourth-order valence-electron chi connectivity index (χ4n) is 2.07. The number of carbonyl (C=O) groups is 1. The molecule has 0 spiro atoms. The van der Waals surface area contributed by atoms with Gasteiger partial charge in [-0.2, -0.15) is 0 Å². The lowest BCUT2D eigenvalue weighted by atomic mass is 10.3. The third kappa shape index (κ3) is 2.73. The topological polar surface area (TPSA) is 25.2 Å². The third-order valence-electron chi connectivity index (χ3n) is 3.27. The second kappa shape index (κ2) is 5.85. The quantitative estimate of drug-likeness (QED) is 0.690. The Bertz CT molecular complexity index is 351. The van der Waals surface area contributed by atoms with Crippen LogP contribution in [0.25, 0.3) is 0 Å². The van der Waals surface area contributed by atoms with E-state index < -0.39 is 0 Å². The standard InChI is InChI=1S/C13H22N2O/c1-5-14(6-2)7-8-15-11(3)9-13(10-16)12(15)4/h9-10H,5-8H2,1-4H3. The molecule has 3 nitrogen and oxygen atoms in total.